The van der Waals surface area contributed by atoms with Crippen molar-refractivity contribution in [2.24, 2.45) is 0 Å². The first-order valence-electron chi connectivity index (χ1n) is 5.18. The Morgan fingerprint density at radius 2 is 1.38 bits per heavy atom. The van der Waals surface area contributed by atoms with Gasteiger partial charge in [0.25, 0.3) is 0 Å². The summed E-state index contributed by atoms with van der Waals surface area (Å²) in [5.74, 6) is 0. The minimum atomic E-state index is 0.274. The Morgan fingerprint density at radius 3 is 1.69 bits per heavy atom. The van der Waals surface area contributed by atoms with E-state index in [1.165, 1.54) is 12.8 Å². The number of hydrogen-bond acceptors (Lipinski definition) is 2. The van der Waals surface area contributed by atoms with Crippen LogP contribution in [0.4, 0.5) is 0 Å². The summed E-state index contributed by atoms with van der Waals surface area (Å²) in [7, 11) is 4.37. The maximum atomic E-state index is 3.69. The normalized spacial score (nSPS) is 27.9. The van der Waals surface area contributed by atoms with Gasteiger partial charge < -0.3 is 5.32 Å². The summed E-state index contributed by atoms with van der Waals surface area (Å²) < 4.78 is 0. The van der Waals surface area contributed by atoms with E-state index in [9.17, 15) is 0 Å². The Balaban J connectivity index is 2.72. The second-order valence-electron chi connectivity index (χ2n) is 5.92. The van der Waals surface area contributed by atoms with Gasteiger partial charge in [-0.1, -0.05) is 0 Å². The van der Waals surface area contributed by atoms with Crippen molar-refractivity contribution in [1.29, 1.82) is 0 Å². The number of piperidine rings is 1. The number of hydrogen-bond donors (Lipinski definition) is 1. The van der Waals surface area contributed by atoms with Crippen molar-refractivity contribution in [3.63, 3.8) is 0 Å². The minimum absolute atomic E-state index is 0.274. The molecule has 1 fully saturated rings. The molecule has 1 aliphatic rings. The van der Waals surface area contributed by atoms with Crippen LogP contribution in [0.3, 0.4) is 0 Å². The maximum absolute atomic E-state index is 3.69. The van der Waals surface area contributed by atoms with Gasteiger partial charge >= 0.3 is 0 Å². The number of rotatable bonds is 1. The van der Waals surface area contributed by atoms with Crippen LogP contribution in [0.1, 0.15) is 40.5 Å². The van der Waals surface area contributed by atoms with E-state index in [0.29, 0.717) is 6.04 Å². The van der Waals surface area contributed by atoms with Crippen molar-refractivity contribution in [3.05, 3.63) is 0 Å². The third kappa shape index (κ3) is 2.96. The van der Waals surface area contributed by atoms with Crippen LogP contribution in [-0.4, -0.2) is 31.2 Å². The van der Waals surface area contributed by atoms with E-state index in [4.69, 9.17) is 0 Å². The van der Waals surface area contributed by atoms with Gasteiger partial charge in [0.05, 0.1) is 0 Å². The Morgan fingerprint density at radius 1 is 1.00 bits per heavy atom. The van der Waals surface area contributed by atoms with E-state index >= 15 is 0 Å². The molecule has 0 bridgehead atoms. The molecule has 0 amide bonds. The van der Waals surface area contributed by atoms with Gasteiger partial charge in [0.1, 0.15) is 20.1 Å². The second kappa shape index (κ2) is 3.25. The number of nitrogens with zero attached hydrogens (tertiary/aromatic N) is 1. The van der Waals surface area contributed by atoms with Crippen LogP contribution in [0, 0.1) is 0 Å². The number of nitrogens with one attached hydrogen (secondary N) is 1. The SMILES string of the molecule is C[N+](C)C1CC(C)(C)NC(C)(C)C1. The molecule has 0 aromatic rings. The molecule has 0 saturated carbocycles. The topological polar surface area (TPSA) is 17.9 Å². The highest BCUT2D eigenvalue weighted by Gasteiger charge is 2.41. The molecule has 2 heteroatoms. The van der Waals surface area contributed by atoms with Crippen molar-refractivity contribution in [3.8, 4) is 0 Å². The van der Waals surface area contributed by atoms with Crippen LogP contribution < -0.4 is 10.2 Å². The van der Waals surface area contributed by atoms with Crippen LogP contribution in [0.25, 0.3) is 0 Å². The molecule has 0 unspecified atom stereocenters. The van der Waals surface area contributed by atoms with Crippen molar-refractivity contribution >= 4 is 0 Å². The standard InChI is InChI=1S/C11H24N2/c1-10(2)7-9(13(5)6)8-11(3,4)12-10/h9,12H,7-8H2,1-6H3/q+1. The van der Waals surface area contributed by atoms with E-state index in [1.54, 1.807) is 0 Å². The van der Waals surface area contributed by atoms with Crippen LogP contribution in [0.2, 0.25) is 0 Å². The first-order valence-corrected chi connectivity index (χ1v) is 5.18. The first-order chi connectivity index (χ1) is 5.72. The summed E-state index contributed by atoms with van der Waals surface area (Å²) >= 11 is 0. The zero-order valence-corrected chi connectivity index (χ0v) is 9.94. The van der Waals surface area contributed by atoms with Gasteiger partial charge in [0, 0.05) is 23.9 Å². The Kier molecular flexibility index (Phi) is 2.75. The molecular formula is C11H24N2+. The molecule has 0 spiro atoms. The third-order valence-electron chi connectivity index (χ3n) is 2.90. The molecule has 13 heavy (non-hydrogen) atoms. The average Bonchev–Trinajstić information content (AvgIpc) is 1.79. The zero-order chi connectivity index (χ0) is 10.3. The van der Waals surface area contributed by atoms with Gasteiger partial charge in [0.15, 0.2) is 0 Å². The third-order valence-corrected chi connectivity index (χ3v) is 2.90. The highest BCUT2D eigenvalue weighted by molar-refractivity contribution is 5.00. The zero-order valence-electron chi connectivity index (χ0n) is 9.94. The van der Waals surface area contributed by atoms with Crippen molar-refractivity contribution < 1.29 is 0 Å². The van der Waals surface area contributed by atoms with Gasteiger partial charge in [0.2, 0.25) is 0 Å². The van der Waals surface area contributed by atoms with E-state index in [-0.39, 0.29) is 11.1 Å². The molecule has 1 radical (unpaired) electrons. The van der Waals surface area contributed by atoms with Crippen LogP contribution >= 0.6 is 0 Å². The summed E-state index contributed by atoms with van der Waals surface area (Å²) in [5.41, 5.74) is 0.549. The lowest BCUT2D eigenvalue weighted by atomic mass is 9.79. The van der Waals surface area contributed by atoms with Gasteiger partial charge in [-0.25, -0.2) is 0 Å². The Labute approximate surface area is 82.7 Å². The van der Waals surface area contributed by atoms with E-state index in [1.807, 2.05) is 0 Å². The fourth-order valence-corrected chi connectivity index (χ4v) is 2.63. The summed E-state index contributed by atoms with van der Waals surface area (Å²) in [6.07, 6.45) is 2.48. The van der Waals surface area contributed by atoms with Crippen LogP contribution in [-0.2, 0) is 0 Å². The average molecular weight is 184 g/mol. The molecule has 0 aromatic heterocycles. The van der Waals surface area contributed by atoms with Gasteiger partial charge in [-0.15, -0.1) is 0 Å². The summed E-state index contributed by atoms with van der Waals surface area (Å²) in [6, 6.07) is 0.714. The summed E-state index contributed by atoms with van der Waals surface area (Å²) in [4.78, 5) is 2.35. The van der Waals surface area contributed by atoms with E-state index < -0.39 is 0 Å². The lowest BCUT2D eigenvalue weighted by Crippen LogP contribution is -2.62. The minimum Gasteiger partial charge on any atom is -0.306 e. The molecule has 1 saturated heterocycles. The van der Waals surface area contributed by atoms with Gasteiger partial charge in [-0.3, -0.25) is 0 Å². The van der Waals surface area contributed by atoms with Crippen LogP contribution in [0.15, 0.2) is 0 Å². The Hall–Kier alpha value is -0.0800. The highest BCUT2D eigenvalue weighted by Crippen LogP contribution is 2.29. The predicted octanol–water partition coefficient (Wildman–Crippen LogP) is 1.70. The monoisotopic (exact) mass is 184 g/mol. The molecule has 0 aromatic carbocycles. The Bertz CT molecular complexity index is 167. The summed E-state index contributed by atoms with van der Waals surface area (Å²) in [5, 5.41) is 3.69. The van der Waals surface area contributed by atoms with E-state index in [2.05, 4.69) is 52.0 Å². The van der Waals surface area contributed by atoms with Crippen molar-refractivity contribution in [2.75, 3.05) is 14.1 Å². The highest BCUT2D eigenvalue weighted by atomic mass is 15.1. The lowest BCUT2D eigenvalue weighted by Gasteiger charge is -2.45. The first kappa shape index (κ1) is 11.0. The smallest absolute Gasteiger partial charge is 0.135 e. The quantitative estimate of drug-likeness (QED) is 0.614. The van der Waals surface area contributed by atoms with Crippen molar-refractivity contribution in [2.45, 2.75) is 57.7 Å². The molecule has 2 nitrogen and oxygen atoms in total. The largest absolute Gasteiger partial charge is 0.306 e. The molecule has 1 rings (SSSR count). The predicted molar refractivity (Wildman–Crippen MR) is 58.3 cm³/mol. The molecule has 0 atom stereocenters. The van der Waals surface area contributed by atoms with Crippen LogP contribution in [0.5, 0.6) is 0 Å². The maximum Gasteiger partial charge on any atom is 0.135 e. The second-order valence-corrected chi connectivity index (χ2v) is 5.92. The van der Waals surface area contributed by atoms with E-state index in [0.717, 1.165) is 0 Å². The fraction of sp³-hybridized carbons (Fsp3) is 1.00. The van der Waals surface area contributed by atoms with Gasteiger partial charge in [-0.05, 0) is 27.7 Å². The molecule has 0 aliphatic carbocycles. The molecule has 1 aliphatic heterocycles. The molecule has 1 heterocycles. The fourth-order valence-electron chi connectivity index (χ4n) is 2.63. The molecule has 77 valence electrons. The summed E-state index contributed by atoms with van der Waals surface area (Å²) in [6.45, 7) is 9.18. The van der Waals surface area contributed by atoms with Gasteiger partial charge in [-0.2, -0.15) is 4.90 Å². The van der Waals surface area contributed by atoms with Crippen molar-refractivity contribution in [1.82, 2.24) is 10.2 Å². The molecule has 1 N–H and O–H groups in total. The molecular weight excluding hydrogens is 160 g/mol. The lowest BCUT2D eigenvalue weighted by molar-refractivity contribution is 0.127.